The topological polar surface area (TPSA) is 58.6 Å². The third kappa shape index (κ3) is 4.09. The molecule has 0 aliphatic carbocycles. The van der Waals surface area contributed by atoms with Crippen LogP contribution in [0, 0.1) is 0 Å². The highest BCUT2D eigenvalue weighted by Crippen LogP contribution is 2.19. The number of amides is 1. The molecule has 4 nitrogen and oxygen atoms in total. The zero-order valence-electron chi connectivity index (χ0n) is 12.9. The van der Waals surface area contributed by atoms with Gasteiger partial charge in [-0.2, -0.15) is 0 Å². The molecule has 0 aliphatic heterocycles. The SMILES string of the molecule is CCOc1ccc(C(=O)NCC(C)(O)c2ccccc2)cc1. The molecule has 0 saturated carbocycles. The minimum Gasteiger partial charge on any atom is -0.494 e. The number of hydrogen-bond acceptors (Lipinski definition) is 3. The van der Waals surface area contributed by atoms with Crippen LogP contribution < -0.4 is 10.1 Å². The Morgan fingerprint density at radius 1 is 1.14 bits per heavy atom. The first-order chi connectivity index (χ1) is 10.5. The molecule has 0 fully saturated rings. The van der Waals surface area contributed by atoms with Crippen molar-refractivity contribution in [2.45, 2.75) is 19.4 Å². The van der Waals surface area contributed by atoms with Crippen LogP contribution in [0.25, 0.3) is 0 Å². The lowest BCUT2D eigenvalue weighted by atomic mass is 9.96. The van der Waals surface area contributed by atoms with Crippen LogP contribution in [0.4, 0.5) is 0 Å². The maximum Gasteiger partial charge on any atom is 0.251 e. The molecule has 0 aliphatic rings. The van der Waals surface area contributed by atoms with Crippen LogP contribution in [-0.2, 0) is 5.60 Å². The maximum absolute atomic E-state index is 12.1. The van der Waals surface area contributed by atoms with Gasteiger partial charge in [-0.15, -0.1) is 0 Å². The van der Waals surface area contributed by atoms with E-state index in [1.165, 1.54) is 0 Å². The lowest BCUT2D eigenvalue weighted by Crippen LogP contribution is -2.38. The molecule has 0 heterocycles. The second-order valence-electron chi connectivity index (χ2n) is 5.28. The number of hydrogen-bond donors (Lipinski definition) is 2. The Morgan fingerprint density at radius 3 is 2.36 bits per heavy atom. The fraction of sp³-hybridized carbons (Fsp3) is 0.278. The number of carbonyl (C=O) groups excluding carboxylic acids is 1. The largest absolute Gasteiger partial charge is 0.494 e. The zero-order valence-corrected chi connectivity index (χ0v) is 12.9. The Kier molecular flexibility index (Phi) is 5.17. The second kappa shape index (κ2) is 7.09. The highest BCUT2D eigenvalue weighted by Gasteiger charge is 2.23. The third-order valence-corrected chi connectivity index (χ3v) is 3.42. The molecule has 1 unspecified atom stereocenters. The summed E-state index contributed by atoms with van der Waals surface area (Å²) in [5.41, 5.74) is 0.191. The standard InChI is InChI=1S/C18H21NO3/c1-3-22-16-11-9-14(10-12-16)17(20)19-13-18(2,21)15-7-5-4-6-8-15/h4-12,21H,3,13H2,1-2H3,(H,19,20). The van der Waals surface area contributed by atoms with Gasteiger partial charge in [0.05, 0.1) is 13.2 Å². The molecule has 4 heteroatoms. The normalized spacial score (nSPS) is 13.2. The first-order valence-electron chi connectivity index (χ1n) is 7.32. The van der Waals surface area contributed by atoms with Gasteiger partial charge in [0.1, 0.15) is 11.4 Å². The Morgan fingerprint density at radius 2 is 1.77 bits per heavy atom. The van der Waals surface area contributed by atoms with Gasteiger partial charge in [-0.25, -0.2) is 0 Å². The van der Waals surface area contributed by atoms with Gasteiger partial charge in [0.25, 0.3) is 5.91 Å². The van der Waals surface area contributed by atoms with Crippen LogP contribution >= 0.6 is 0 Å². The fourth-order valence-electron chi connectivity index (χ4n) is 2.12. The zero-order chi connectivity index (χ0) is 16.0. The van der Waals surface area contributed by atoms with Gasteiger partial charge in [-0.3, -0.25) is 4.79 Å². The van der Waals surface area contributed by atoms with E-state index < -0.39 is 5.60 Å². The Bertz CT molecular complexity index is 606. The number of ether oxygens (including phenoxy) is 1. The number of aliphatic hydroxyl groups is 1. The van der Waals surface area contributed by atoms with Crippen molar-refractivity contribution < 1.29 is 14.6 Å². The molecule has 0 radical (unpaired) electrons. The van der Waals surface area contributed by atoms with E-state index >= 15 is 0 Å². The van der Waals surface area contributed by atoms with E-state index in [4.69, 9.17) is 4.74 Å². The first-order valence-corrected chi connectivity index (χ1v) is 7.32. The smallest absolute Gasteiger partial charge is 0.251 e. The van der Waals surface area contributed by atoms with Crippen molar-refractivity contribution in [2.24, 2.45) is 0 Å². The maximum atomic E-state index is 12.1. The van der Waals surface area contributed by atoms with E-state index in [2.05, 4.69) is 5.32 Å². The van der Waals surface area contributed by atoms with Crippen molar-refractivity contribution in [3.8, 4) is 5.75 Å². The molecule has 2 aromatic rings. The summed E-state index contributed by atoms with van der Waals surface area (Å²) in [4.78, 5) is 12.1. The van der Waals surface area contributed by atoms with Crippen molar-refractivity contribution in [3.63, 3.8) is 0 Å². The summed E-state index contributed by atoms with van der Waals surface area (Å²) in [5.74, 6) is 0.509. The van der Waals surface area contributed by atoms with Crippen molar-refractivity contribution in [3.05, 3.63) is 65.7 Å². The van der Waals surface area contributed by atoms with E-state index in [1.54, 1.807) is 31.2 Å². The summed E-state index contributed by atoms with van der Waals surface area (Å²) in [6.07, 6.45) is 0. The van der Waals surface area contributed by atoms with E-state index in [9.17, 15) is 9.90 Å². The summed E-state index contributed by atoms with van der Waals surface area (Å²) >= 11 is 0. The molecule has 2 N–H and O–H groups in total. The molecule has 0 saturated heterocycles. The molecule has 22 heavy (non-hydrogen) atoms. The van der Waals surface area contributed by atoms with Crippen LogP contribution in [0.2, 0.25) is 0 Å². The summed E-state index contributed by atoms with van der Waals surface area (Å²) in [5, 5.41) is 13.2. The minimum absolute atomic E-state index is 0.142. The van der Waals surface area contributed by atoms with Gasteiger partial charge in [0.15, 0.2) is 0 Å². The van der Waals surface area contributed by atoms with Gasteiger partial charge in [-0.05, 0) is 43.7 Å². The summed E-state index contributed by atoms with van der Waals surface area (Å²) in [7, 11) is 0. The highest BCUT2D eigenvalue weighted by molar-refractivity contribution is 5.94. The van der Waals surface area contributed by atoms with Crippen LogP contribution in [0.15, 0.2) is 54.6 Å². The Labute approximate surface area is 130 Å². The van der Waals surface area contributed by atoms with E-state index in [1.807, 2.05) is 37.3 Å². The molecule has 0 bridgehead atoms. The van der Waals surface area contributed by atoms with Crippen molar-refractivity contribution in [1.82, 2.24) is 5.32 Å². The molecule has 1 amide bonds. The van der Waals surface area contributed by atoms with Gasteiger partial charge >= 0.3 is 0 Å². The lowest BCUT2D eigenvalue weighted by molar-refractivity contribution is 0.0526. The number of nitrogens with one attached hydrogen (secondary N) is 1. The monoisotopic (exact) mass is 299 g/mol. The number of carbonyl (C=O) groups is 1. The van der Waals surface area contributed by atoms with E-state index in [0.29, 0.717) is 12.2 Å². The molecular formula is C18H21NO3. The number of benzene rings is 2. The average molecular weight is 299 g/mol. The number of rotatable bonds is 6. The third-order valence-electron chi connectivity index (χ3n) is 3.42. The molecule has 2 rings (SSSR count). The Balaban J connectivity index is 1.97. The molecule has 116 valence electrons. The summed E-state index contributed by atoms with van der Waals surface area (Å²) in [6.45, 7) is 4.32. The van der Waals surface area contributed by atoms with Crippen molar-refractivity contribution in [1.29, 1.82) is 0 Å². The fourth-order valence-corrected chi connectivity index (χ4v) is 2.12. The summed E-state index contributed by atoms with van der Waals surface area (Å²) < 4.78 is 5.34. The molecule has 2 aromatic carbocycles. The average Bonchev–Trinajstić information content (AvgIpc) is 2.54. The predicted molar refractivity (Wildman–Crippen MR) is 86.0 cm³/mol. The minimum atomic E-state index is -1.11. The molecular weight excluding hydrogens is 278 g/mol. The van der Waals surface area contributed by atoms with Crippen molar-refractivity contribution in [2.75, 3.05) is 13.2 Å². The molecule has 1 atom stereocenters. The van der Waals surface area contributed by atoms with Crippen LogP contribution in [0.1, 0.15) is 29.8 Å². The van der Waals surface area contributed by atoms with Crippen LogP contribution in [0.3, 0.4) is 0 Å². The molecule has 0 aromatic heterocycles. The van der Waals surface area contributed by atoms with Gasteiger partial charge in [0.2, 0.25) is 0 Å². The van der Waals surface area contributed by atoms with E-state index in [-0.39, 0.29) is 12.5 Å². The second-order valence-corrected chi connectivity index (χ2v) is 5.28. The van der Waals surface area contributed by atoms with Gasteiger partial charge in [0, 0.05) is 5.56 Å². The predicted octanol–water partition coefficient (Wildman–Crippen LogP) is 2.72. The quantitative estimate of drug-likeness (QED) is 0.862. The Hall–Kier alpha value is -2.33. The highest BCUT2D eigenvalue weighted by atomic mass is 16.5. The summed E-state index contributed by atoms with van der Waals surface area (Å²) in [6, 6.07) is 16.2. The van der Waals surface area contributed by atoms with Gasteiger partial charge in [-0.1, -0.05) is 30.3 Å². The van der Waals surface area contributed by atoms with Crippen molar-refractivity contribution >= 4 is 5.91 Å². The lowest BCUT2D eigenvalue weighted by Gasteiger charge is -2.24. The van der Waals surface area contributed by atoms with Crippen LogP contribution in [0.5, 0.6) is 5.75 Å². The van der Waals surface area contributed by atoms with Gasteiger partial charge < -0.3 is 15.2 Å². The first kappa shape index (κ1) is 16.0. The van der Waals surface area contributed by atoms with E-state index in [0.717, 1.165) is 11.3 Å². The molecule has 0 spiro atoms. The van der Waals surface area contributed by atoms with Crippen LogP contribution in [-0.4, -0.2) is 24.2 Å².